The zero-order valence-electron chi connectivity index (χ0n) is 18.4. The van der Waals surface area contributed by atoms with Gasteiger partial charge in [-0.15, -0.1) is 24.8 Å². The largest absolute Gasteiger partial charge is 0.506 e. The number of aromatic hydroxyl groups is 1. The normalized spacial score (nSPS) is 11.6. The fourth-order valence-corrected chi connectivity index (χ4v) is 4.53. The molecule has 0 spiro atoms. The van der Waals surface area contributed by atoms with Gasteiger partial charge in [0, 0.05) is 31.4 Å². The Kier molecular flexibility index (Phi) is 11.0. The van der Waals surface area contributed by atoms with Crippen molar-refractivity contribution < 1.29 is 10.2 Å². The summed E-state index contributed by atoms with van der Waals surface area (Å²) in [5.41, 5.74) is 4.47. The van der Waals surface area contributed by atoms with Crippen LogP contribution in [0.25, 0.3) is 10.2 Å². The van der Waals surface area contributed by atoms with Gasteiger partial charge in [-0.1, -0.05) is 47.7 Å². The highest BCUT2D eigenvalue weighted by Gasteiger charge is 2.15. The van der Waals surface area contributed by atoms with Gasteiger partial charge in [-0.3, -0.25) is 9.78 Å². The zero-order chi connectivity index (χ0) is 22.3. The third kappa shape index (κ3) is 7.27. The summed E-state index contributed by atoms with van der Waals surface area (Å²) in [5.74, 6) is 0.0108. The molecular weight excluding hydrogens is 495 g/mol. The lowest BCUT2D eigenvalue weighted by Crippen LogP contribution is -2.24. The molecule has 0 fully saturated rings. The van der Waals surface area contributed by atoms with E-state index in [1.54, 1.807) is 12.3 Å². The lowest BCUT2D eigenvalue weighted by Gasteiger charge is -2.14. The molecular formula is C24H28Cl2N4O3S. The second-order valence-electron chi connectivity index (χ2n) is 7.61. The summed E-state index contributed by atoms with van der Waals surface area (Å²) < 4.78 is 0.593. The molecule has 0 saturated heterocycles. The minimum absolute atomic E-state index is 0. The van der Waals surface area contributed by atoms with Crippen molar-refractivity contribution in [1.29, 1.82) is 0 Å². The Morgan fingerprint density at radius 1 is 1.00 bits per heavy atom. The number of hydrogen-bond acceptors (Lipinski definition) is 7. The minimum Gasteiger partial charge on any atom is -0.506 e. The fourth-order valence-electron chi connectivity index (χ4n) is 3.62. The van der Waals surface area contributed by atoms with Crippen LogP contribution in [0, 0.1) is 0 Å². The highest BCUT2D eigenvalue weighted by Crippen LogP contribution is 2.31. The summed E-state index contributed by atoms with van der Waals surface area (Å²) >= 11 is 0.995. The van der Waals surface area contributed by atoms with Gasteiger partial charge in [-0.05, 0) is 42.3 Å². The Balaban J connectivity index is 0.00000204. The maximum Gasteiger partial charge on any atom is 0.305 e. The first-order valence-electron chi connectivity index (χ1n) is 10.5. The van der Waals surface area contributed by atoms with Crippen LogP contribution in [-0.4, -0.2) is 33.3 Å². The SMILES string of the molecule is Cl.Cl.O=c1[nH]c2c(O)ccc(C(O)CNCCc3cccc(CNCc4ccccn4)c3)c2s1. The Hall–Kier alpha value is -2.46. The van der Waals surface area contributed by atoms with E-state index in [4.69, 9.17) is 0 Å². The molecule has 34 heavy (non-hydrogen) atoms. The van der Waals surface area contributed by atoms with Crippen LogP contribution in [0.3, 0.4) is 0 Å². The first-order chi connectivity index (χ1) is 15.6. The number of aliphatic hydroxyl groups excluding tert-OH is 1. The Labute approximate surface area is 214 Å². The second kappa shape index (κ2) is 13.4. The van der Waals surface area contributed by atoms with Crippen LogP contribution in [-0.2, 0) is 19.5 Å². The topological polar surface area (TPSA) is 110 Å². The molecule has 0 bridgehead atoms. The van der Waals surface area contributed by atoms with Gasteiger partial charge in [0.15, 0.2) is 0 Å². The van der Waals surface area contributed by atoms with Gasteiger partial charge in [-0.2, -0.15) is 0 Å². The lowest BCUT2D eigenvalue weighted by atomic mass is 10.1. The number of fused-ring (bicyclic) bond motifs is 1. The van der Waals surface area contributed by atoms with Gasteiger partial charge in [0.1, 0.15) is 11.3 Å². The molecule has 0 aliphatic carbocycles. The van der Waals surface area contributed by atoms with Gasteiger partial charge in [0.05, 0.1) is 16.5 Å². The molecule has 182 valence electrons. The summed E-state index contributed by atoms with van der Waals surface area (Å²) in [5, 5.41) is 27.2. The number of pyridine rings is 1. The van der Waals surface area contributed by atoms with Crippen LogP contribution in [0.4, 0.5) is 0 Å². The molecule has 0 aliphatic rings. The number of aromatic nitrogens is 2. The molecule has 10 heteroatoms. The molecule has 2 aromatic heterocycles. The van der Waals surface area contributed by atoms with Crippen molar-refractivity contribution in [2.45, 2.75) is 25.6 Å². The summed E-state index contributed by atoms with van der Waals surface area (Å²) in [4.78, 5) is 18.3. The van der Waals surface area contributed by atoms with Crippen LogP contribution < -0.4 is 15.5 Å². The van der Waals surface area contributed by atoms with E-state index < -0.39 is 6.10 Å². The molecule has 1 atom stereocenters. The van der Waals surface area contributed by atoms with Crippen molar-refractivity contribution in [1.82, 2.24) is 20.6 Å². The van der Waals surface area contributed by atoms with Gasteiger partial charge < -0.3 is 25.8 Å². The molecule has 0 amide bonds. The number of nitrogens with zero attached hydrogens (tertiary/aromatic N) is 1. The number of nitrogens with one attached hydrogen (secondary N) is 3. The number of benzene rings is 2. The van der Waals surface area contributed by atoms with Gasteiger partial charge in [0.25, 0.3) is 0 Å². The Morgan fingerprint density at radius 2 is 1.82 bits per heavy atom. The molecule has 4 rings (SSSR count). The van der Waals surface area contributed by atoms with Gasteiger partial charge in [0.2, 0.25) is 0 Å². The van der Waals surface area contributed by atoms with Crippen molar-refractivity contribution in [2.75, 3.05) is 13.1 Å². The van der Waals surface area contributed by atoms with Gasteiger partial charge >= 0.3 is 4.87 Å². The number of hydrogen-bond donors (Lipinski definition) is 5. The number of thiazole rings is 1. The van der Waals surface area contributed by atoms with Crippen molar-refractivity contribution >= 4 is 46.4 Å². The summed E-state index contributed by atoms with van der Waals surface area (Å²) in [6.45, 7) is 2.57. The van der Waals surface area contributed by atoms with E-state index >= 15 is 0 Å². The van der Waals surface area contributed by atoms with Crippen LogP contribution in [0.1, 0.15) is 28.5 Å². The molecule has 2 heterocycles. The first kappa shape index (κ1) is 27.8. The molecule has 5 N–H and O–H groups in total. The average Bonchev–Trinajstić information content (AvgIpc) is 3.20. The summed E-state index contributed by atoms with van der Waals surface area (Å²) in [6.07, 6.45) is 1.86. The fraction of sp³-hybridized carbons (Fsp3) is 0.250. The van der Waals surface area contributed by atoms with E-state index in [0.717, 1.165) is 36.5 Å². The highest BCUT2D eigenvalue weighted by molar-refractivity contribution is 7.16. The molecule has 4 aromatic rings. The quantitative estimate of drug-likeness (QED) is 0.203. The van der Waals surface area contributed by atoms with E-state index in [-0.39, 0.29) is 35.4 Å². The highest BCUT2D eigenvalue weighted by atomic mass is 35.5. The lowest BCUT2D eigenvalue weighted by molar-refractivity contribution is 0.176. The third-order valence-electron chi connectivity index (χ3n) is 5.23. The van der Waals surface area contributed by atoms with E-state index in [1.165, 1.54) is 17.2 Å². The van der Waals surface area contributed by atoms with E-state index in [2.05, 4.69) is 44.9 Å². The predicted molar refractivity (Wildman–Crippen MR) is 141 cm³/mol. The van der Waals surface area contributed by atoms with Crippen molar-refractivity contribution in [3.8, 4) is 5.75 Å². The Bertz CT molecular complexity index is 1230. The van der Waals surface area contributed by atoms with E-state index in [9.17, 15) is 15.0 Å². The Morgan fingerprint density at radius 3 is 2.62 bits per heavy atom. The number of H-pyrrole nitrogens is 1. The standard InChI is InChI=1S/C24H26N4O3S.2ClH/c29-20-8-7-19(23-22(20)28-24(31)32-23)21(30)15-25-11-9-16-4-3-5-17(12-16)13-26-14-18-6-1-2-10-27-18;;/h1-8,10,12,21,25-26,29-30H,9,11,13-15H2,(H,28,31);2*1H. The monoisotopic (exact) mass is 522 g/mol. The van der Waals surface area contributed by atoms with Crippen LogP contribution >= 0.6 is 36.2 Å². The molecule has 0 saturated carbocycles. The number of phenolic OH excluding ortho intramolecular Hbond substituents is 1. The van der Waals surface area contributed by atoms with Crippen LogP contribution in [0.5, 0.6) is 5.75 Å². The van der Waals surface area contributed by atoms with Crippen molar-refractivity contribution in [3.63, 3.8) is 0 Å². The predicted octanol–water partition coefficient (Wildman–Crippen LogP) is 3.69. The number of phenols is 1. The average molecular weight is 523 g/mol. The number of aliphatic hydroxyl groups is 1. The maximum absolute atomic E-state index is 11.6. The van der Waals surface area contributed by atoms with Gasteiger partial charge in [-0.25, -0.2) is 0 Å². The summed E-state index contributed by atoms with van der Waals surface area (Å²) in [6, 6.07) is 17.5. The van der Waals surface area contributed by atoms with Crippen molar-refractivity contribution in [3.05, 3.63) is 92.8 Å². The second-order valence-corrected chi connectivity index (χ2v) is 8.59. The zero-order valence-corrected chi connectivity index (χ0v) is 20.8. The number of halogens is 2. The third-order valence-corrected chi connectivity index (χ3v) is 6.16. The minimum atomic E-state index is -0.772. The van der Waals surface area contributed by atoms with E-state index in [1.807, 2.05) is 18.2 Å². The maximum atomic E-state index is 11.6. The van der Waals surface area contributed by atoms with Crippen LogP contribution in [0.2, 0.25) is 0 Å². The number of rotatable bonds is 10. The van der Waals surface area contributed by atoms with Crippen LogP contribution in [0.15, 0.2) is 65.6 Å². The molecule has 2 aromatic carbocycles. The molecule has 1 unspecified atom stereocenters. The molecule has 0 radical (unpaired) electrons. The van der Waals surface area contributed by atoms with Crippen molar-refractivity contribution in [2.24, 2.45) is 0 Å². The molecule has 0 aliphatic heterocycles. The number of aromatic amines is 1. The van der Waals surface area contributed by atoms with E-state index in [0.29, 0.717) is 28.9 Å². The summed E-state index contributed by atoms with van der Waals surface area (Å²) in [7, 11) is 0. The first-order valence-corrected chi connectivity index (χ1v) is 11.3. The molecule has 7 nitrogen and oxygen atoms in total. The smallest absolute Gasteiger partial charge is 0.305 e.